The van der Waals surface area contributed by atoms with Crippen LogP contribution in [0.1, 0.15) is 26.5 Å². The number of halogens is 1. The van der Waals surface area contributed by atoms with Gasteiger partial charge in [0.1, 0.15) is 12.0 Å². The van der Waals surface area contributed by atoms with Gasteiger partial charge in [0.25, 0.3) is 5.91 Å². The van der Waals surface area contributed by atoms with E-state index < -0.39 is 0 Å². The minimum Gasteiger partial charge on any atom is -0.314 e. The van der Waals surface area contributed by atoms with Crippen LogP contribution < -0.4 is 5.73 Å². The third kappa shape index (κ3) is 3.55. The number of benzene rings is 1. The Hall–Kier alpha value is -3.36. The number of fused-ring (bicyclic) bond motifs is 3. The molecular formula is C25H22FN5OS. The Morgan fingerprint density at radius 1 is 1.18 bits per heavy atom. The summed E-state index contributed by atoms with van der Waals surface area (Å²) in [5.41, 5.74) is 11.2. The third-order valence-electron chi connectivity index (χ3n) is 6.41. The van der Waals surface area contributed by atoms with Crippen LogP contribution in [0.25, 0.3) is 22.4 Å². The van der Waals surface area contributed by atoms with Crippen molar-refractivity contribution in [3.63, 3.8) is 0 Å². The van der Waals surface area contributed by atoms with Crippen molar-refractivity contribution >= 4 is 17.2 Å². The molecule has 3 aromatic heterocycles. The number of carbonyl (C=O) groups is 1. The fraction of sp³-hybridized carbons (Fsp3) is 0.240. The SMILES string of the molecule is N[C@H]1[C@H](Cc2cccc(F)c2)N1C(=O)c1cc2c(s1)CCCn1ncc(-c3cccnc3)c1-2. The second kappa shape index (κ2) is 7.90. The zero-order chi connectivity index (χ0) is 22.5. The molecule has 2 aliphatic rings. The third-order valence-corrected chi connectivity index (χ3v) is 7.59. The summed E-state index contributed by atoms with van der Waals surface area (Å²) in [5.74, 6) is -0.335. The lowest BCUT2D eigenvalue weighted by atomic mass is 10.0. The molecule has 1 saturated heterocycles. The van der Waals surface area contributed by atoms with E-state index in [-0.39, 0.29) is 23.9 Å². The molecule has 0 spiro atoms. The molecule has 5 heterocycles. The lowest BCUT2D eigenvalue weighted by molar-refractivity contribution is 0.0869. The number of pyridine rings is 1. The molecule has 8 heteroatoms. The number of rotatable bonds is 4. The highest BCUT2D eigenvalue weighted by Gasteiger charge is 2.49. The van der Waals surface area contributed by atoms with Gasteiger partial charge in [-0.25, -0.2) is 4.39 Å². The van der Waals surface area contributed by atoms with Crippen molar-refractivity contribution in [2.45, 2.75) is 38.0 Å². The monoisotopic (exact) mass is 459 g/mol. The van der Waals surface area contributed by atoms with Crippen LogP contribution in [0.2, 0.25) is 0 Å². The second-order valence-electron chi connectivity index (χ2n) is 8.53. The minimum absolute atomic E-state index is 0.0593. The van der Waals surface area contributed by atoms with E-state index in [1.165, 1.54) is 17.0 Å². The summed E-state index contributed by atoms with van der Waals surface area (Å²) < 4.78 is 15.6. The number of hydrogen-bond acceptors (Lipinski definition) is 5. The predicted molar refractivity (Wildman–Crippen MR) is 125 cm³/mol. The van der Waals surface area contributed by atoms with Gasteiger partial charge in [-0.1, -0.05) is 18.2 Å². The molecule has 1 aromatic carbocycles. The number of hydrogen-bond donors (Lipinski definition) is 1. The number of nitrogens with zero attached hydrogens (tertiary/aromatic N) is 4. The lowest BCUT2D eigenvalue weighted by Gasteiger charge is -2.06. The Morgan fingerprint density at radius 3 is 2.91 bits per heavy atom. The predicted octanol–water partition coefficient (Wildman–Crippen LogP) is 4.11. The smallest absolute Gasteiger partial charge is 0.265 e. The van der Waals surface area contributed by atoms with Crippen molar-refractivity contribution < 1.29 is 9.18 Å². The first kappa shape index (κ1) is 20.3. The van der Waals surface area contributed by atoms with Gasteiger partial charge in [-0.05, 0) is 49.1 Å². The van der Waals surface area contributed by atoms with E-state index in [1.807, 2.05) is 41.3 Å². The van der Waals surface area contributed by atoms with Crippen LogP contribution in [0.5, 0.6) is 0 Å². The maximum Gasteiger partial charge on any atom is 0.265 e. The van der Waals surface area contributed by atoms with Gasteiger partial charge < -0.3 is 10.6 Å². The van der Waals surface area contributed by atoms with Crippen LogP contribution in [0, 0.1) is 5.82 Å². The Kier molecular flexibility index (Phi) is 4.85. The standard InChI is InChI=1S/C25H22FN5OS/c26-17-6-1-4-15(10-17)11-20-24(27)31(20)25(32)22-12-18-21(33-22)7-3-9-30-23(18)19(14-29-30)16-5-2-8-28-13-16/h1-2,4-6,8,10,12-14,20,24H,3,7,9,11,27H2/t20-,24+,31?/m0/s1. The van der Waals surface area contributed by atoms with Crippen molar-refractivity contribution in [3.8, 4) is 22.4 Å². The molecular weight excluding hydrogens is 437 g/mol. The van der Waals surface area contributed by atoms with Crippen LogP contribution in [-0.4, -0.2) is 37.8 Å². The average Bonchev–Trinajstić information content (AvgIpc) is 3.14. The van der Waals surface area contributed by atoms with E-state index in [1.54, 1.807) is 28.5 Å². The fourth-order valence-electron chi connectivity index (χ4n) is 4.72. The van der Waals surface area contributed by atoms with Gasteiger partial charge in [0.2, 0.25) is 0 Å². The maximum absolute atomic E-state index is 13.5. The molecule has 0 unspecified atom stereocenters. The molecule has 4 aromatic rings. The molecule has 2 N–H and O–H groups in total. The highest BCUT2D eigenvalue weighted by molar-refractivity contribution is 7.14. The molecule has 2 aliphatic heterocycles. The van der Waals surface area contributed by atoms with Crippen LogP contribution in [-0.2, 0) is 19.4 Å². The molecule has 6 rings (SSSR count). The van der Waals surface area contributed by atoms with E-state index in [4.69, 9.17) is 5.73 Å². The van der Waals surface area contributed by atoms with E-state index in [0.29, 0.717) is 11.3 Å². The highest BCUT2D eigenvalue weighted by atomic mass is 32.1. The van der Waals surface area contributed by atoms with Gasteiger partial charge in [0.05, 0.1) is 22.8 Å². The molecule has 33 heavy (non-hydrogen) atoms. The largest absolute Gasteiger partial charge is 0.314 e. The van der Waals surface area contributed by atoms with Gasteiger partial charge >= 0.3 is 0 Å². The Bertz CT molecular complexity index is 1350. The summed E-state index contributed by atoms with van der Waals surface area (Å²) >= 11 is 1.55. The summed E-state index contributed by atoms with van der Waals surface area (Å²) in [6.45, 7) is 0.840. The first-order chi connectivity index (χ1) is 16.1. The summed E-state index contributed by atoms with van der Waals surface area (Å²) in [6, 6.07) is 12.3. The average molecular weight is 460 g/mol. The van der Waals surface area contributed by atoms with Crippen LogP contribution in [0.3, 0.4) is 0 Å². The molecule has 166 valence electrons. The Morgan fingerprint density at radius 2 is 2.09 bits per heavy atom. The van der Waals surface area contributed by atoms with Crippen molar-refractivity contribution in [3.05, 3.63) is 82.2 Å². The second-order valence-corrected chi connectivity index (χ2v) is 9.66. The molecule has 0 bridgehead atoms. The minimum atomic E-state index is -0.348. The van der Waals surface area contributed by atoms with Crippen LogP contribution in [0.15, 0.2) is 61.1 Å². The quantitative estimate of drug-likeness (QED) is 0.466. The molecule has 1 fully saturated rings. The maximum atomic E-state index is 13.5. The Labute approximate surface area is 194 Å². The first-order valence-corrected chi connectivity index (χ1v) is 11.8. The van der Waals surface area contributed by atoms with Gasteiger partial charge in [-0.2, -0.15) is 5.10 Å². The molecule has 2 atom stereocenters. The fourth-order valence-corrected chi connectivity index (χ4v) is 5.87. The normalized spacial score (nSPS) is 19.0. The van der Waals surface area contributed by atoms with Gasteiger partial charge in [-0.3, -0.25) is 14.5 Å². The van der Waals surface area contributed by atoms with E-state index in [2.05, 4.69) is 10.1 Å². The molecule has 0 radical (unpaired) electrons. The van der Waals surface area contributed by atoms with Crippen LogP contribution in [0.4, 0.5) is 4.39 Å². The van der Waals surface area contributed by atoms with E-state index in [0.717, 1.165) is 47.3 Å². The van der Waals surface area contributed by atoms with E-state index in [9.17, 15) is 9.18 Å². The summed E-state index contributed by atoms with van der Waals surface area (Å²) in [5, 5.41) is 4.62. The molecule has 1 amide bonds. The number of nitrogens with two attached hydrogens (primary N) is 1. The van der Waals surface area contributed by atoms with Crippen LogP contribution >= 0.6 is 11.3 Å². The van der Waals surface area contributed by atoms with Crippen molar-refractivity contribution in [1.82, 2.24) is 19.7 Å². The first-order valence-electron chi connectivity index (χ1n) is 11.0. The summed E-state index contributed by atoms with van der Waals surface area (Å²) in [4.78, 5) is 21.2. The van der Waals surface area contributed by atoms with Crippen molar-refractivity contribution in [2.75, 3.05) is 0 Å². The number of aromatic nitrogens is 3. The highest BCUT2D eigenvalue weighted by Crippen LogP contribution is 2.42. The Balaban J connectivity index is 1.31. The van der Waals surface area contributed by atoms with Gasteiger partial charge in [0, 0.05) is 40.5 Å². The topological polar surface area (TPSA) is 76.8 Å². The summed E-state index contributed by atoms with van der Waals surface area (Å²) in [6.07, 6.45) is 7.55. The number of carbonyl (C=O) groups excluding carboxylic acids is 1. The van der Waals surface area contributed by atoms with Gasteiger partial charge in [0.15, 0.2) is 0 Å². The summed E-state index contributed by atoms with van der Waals surface area (Å²) in [7, 11) is 0. The van der Waals surface area contributed by atoms with Crippen molar-refractivity contribution in [1.29, 1.82) is 0 Å². The van der Waals surface area contributed by atoms with Crippen molar-refractivity contribution in [2.24, 2.45) is 5.73 Å². The lowest BCUT2D eigenvalue weighted by Crippen LogP contribution is -2.17. The zero-order valence-corrected chi connectivity index (χ0v) is 18.6. The van der Waals surface area contributed by atoms with E-state index >= 15 is 0 Å². The zero-order valence-electron chi connectivity index (χ0n) is 17.8. The molecule has 0 saturated carbocycles. The van der Waals surface area contributed by atoms with Gasteiger partial charge in [-0.15, -0.1) is 11.3 Å². The number of amides is 1. The number of thiophene rings is 1. The molecule has 0 aliphatic carbocycles. The molecule has 6 nitrogen and oxygen atoms in total. The number of aryl methyl sites for hydroxylation is 2.